The highest BCUT2D eigenvalue weighted by Crippen LogP contribution is 2.17. The molecule has 0 amide bonds. The zero-order valence-electron chi connectivity index (χ0n) is 8.03. The molecule has 1 aromatic heterocycles. The van der Waals surface area contributed by atoms with Gasteiger partial charge in [-0.1, -0.05) is 0 Å². The number of nitrogens with two attached hydrogens (primary N) is 1. The highest BCUT2D eigenvalue weighted by Gasteiger charge is 2.13. The summed E-state index contributed by atoms with van der Waals surface area (Å²) in [4.78, 5) is 4.22. The fourth-order valence-corrected chi connectivity index (χ4v) is 3.22. The van der Waals surface area contributed by atoms with Crippen molar-refractivity contribution >= 4 is 28.2 Å². The lowest BCUT2D eigenvalue weighted by atomic mass is 10.2. The first-order valence-corrected chi connectivity index (χ1v) is 6.89. The molecule has 1 atom stereocenters. The Bertz CT molecular complexity index is 281. The van der Waals surface area contributed by atoms with Crippen LogP contribution in [-0.2, 0) is 6.54 Å². The van der Waals surface area contributed by atoms with Gasteiger partial charge >= 0.3 is 0 Å². The Labute approximate surface area is 92.5 Å². The Balaban J connectivity index is 1.76. The largest absolute Gasteiger partial charge is 0.375 e. The maximum atomic E-state index is 5.56. The fourth-order valence-electron chi connectivity index (χ4n) is 1.55. The first-order chi connectivity index (χ1) is 6.84. The number of rotatable bonds is 3. The van der Waals surface area contributed by atoms with Gasteiger partial charge in [-0.05, 0) is 18.6 Å². The number of hydrogen-bond donors (Lipinski definition) is 2. The molecular weight excluding hydrogens is 214 g/mol. The number of aromatic nitrogens is 1. The van der Waals surface area contributed by atoms with Crippen LogP contribution in [0, 0.1) is 0 Å². The Morgan fingerprint density at radius 2 is 2.57 bits per heavy atom. The summed E-state index contributed by atoms with van der Waals surface area (Å²) in [6.45, 7) is 0.860. The van der Waals surface area contributed by atoms with E-state index in [9.17, 15) is 0 Å². The van der Waals surface area contributed by atoms with Crippen molar-refractivity contribution in [2.45, 2.75) is 25.4 Å². The molecule has 1 aromatic rings. The maximum Gasteiger partial charge on any atom is 0.180 e. The molecule has 14 heavy (non-hydrogen) atoms. The van der Waals surface area contributed by atoms with Gasteiger partial charge in [0.1, 0.15) is 0 Å². The summed E-state index contributed by atoms with van der Waals surface area (Å²) in [7, 11) is 0. The molecule has 3 nitrogen and oxygen atoms in total. The normalized spacial score (nSPS) is 22.4. The Kier molecular flexibility index (Phi) is 3.67. The number of nitrogen functional groups attached to an aromatic ring is 1. The van der Waals surface area contributed by atoms with E-state index in [2.05, 4.69) is 10.3 Å². The predicted molar refractivity (Wildman–Crippen MR) is 63.7 cm³/mol. The van der Waals surface area contributed by atoms with Crippen LogP contribution in [0.4, 0.5) is 5.13 Å². The summed E-state index contributed by atoms with van der Waals surface area (Å²) in [6.07, 6.45) is 2.63. The molecular formula is C9H15N3S2. The van der Waals surface area contributed by atoms with E-state index in [1.807, 2.05) is 17.1 Å². The third-order valence-electron chi connectivity index (χ3n) is 2.30. The molecule has 2 rings (SSSR count). The topological polar surface area (TPSA) is 50.9 Å². The fraction of sp³-hybridized carbons (Fsp3) is 0.667. The molecule has 3 N–H and O–H groups in total. The van der Waals surface area contributed by atoms with Gasteiger partial charge in [-0.2, -0.15) is 11.8 Å². The molecule has 0 saturated carbocycles. The summed E-state index contributed by atoms with van der Waals surface area (Å²) in [5.74, 6) is 2.56. The van der Waals surface area contributed by atoms with E-state index < -0.39 is 0 Å². The molecule has 78 valence electrons. The van der Waals surface area contributed by atoms with Crippen LogP contribution in [-0.4, -0.2) is 22.5 Å². The van der Waals surface area contributed by atoms with Gasteiger partial charge in [0, 0.05) is 23.7 Å². The Morgan fingerprint density at radius 3 is 3.21 bits per heavy atom. The average Bonchev–Trinajstić information content (AvgIpc) is 2.63. The summed E-state index contributed by atoms with van der Waals surface area (Å²) in [6, 6.07) is 0.664. The van der Waals surface area contributed by atoms with E-state index in [0.717, 1.165) is 12.2 Å². The number of thioether (sulfide) groups is 1. The lowest BCUT2D eigenvalue weighted by Crippen LogP contribution is -2.33. The molecule has 5 heteroatoms. The molecule has 0 aromatic carbocycles. The average molecular weight is 229 g/mol. The molecule has 0 radical (unpaired) electrons. The monoisotopic (exact) mass is 229 g/mol. The van der Waals surface area contributed by atoms with E-state index in [0.29, 0.717) is 11.2 Å². The van der Waals surface area contributed by atoms with Crippen molar-refractivity contribution in [1.29, 1.82) is 0 Å². The molecule has 1 aliphatic heterocycles. The second-order valence-corrected chi connectivity index (χ2v) is 5.51. The molecule has 1 aliphatic rings. The van der Waals surface area contributed by atoms with E-state index >= 15 is 0 Å². The quantitative estimate of drug-likeness (QED) is 0.828. The number of nitrogens with zero attached hydrogens (tertiary/aromatic N) is 1. The second-order valence-electron chi connectivity index (χ2n) is 3.47. The van der Waals surface area contributed by atoms with Crippen molar-refractivity contribution in [2.24, 2.45) is 0 Å². The van der Waals surface area contributed by atoms with Crippen molar-refractivity contribution in [3.63, 3.8) is 0 Å². The van der Waals surface area contributed by atoms with Gasteiger partial charge in [0.05, 0.1) is 5.69 Å². The van der Waals surface area contributed by atoms with Crippen molar-refractivity contribution in [3.05, 3.63) is 11.1 Å². The maximum absolute atomic E-state index is 5.56. The van der Waals surface area contributed by atoms with Crippen molar-refractivity contribution < 1.29 is 0 Å². The molecule has 2 heterocycles. The van der Waals surface area contributed by atoms with Crippen molar-refractivity contribution in [2.75, 3.05) is 17.2 Å². The van der Waals surface area contributed by atoms with Crippen LogP contribution in [0.15, 0.2) is 5.38 Å². The van der Waals surface area contributed by atoms with Gasteiger partial charge in [0.15, 0.2) is 5.13 Å². The molecule has 0 aliphatic carbocycles. The molecule has 1 unspecified atom stereocenters. The highest BCUT2D eigenvalue weighted by molar-refractivity contribution is 7.99. The lowest BCUT2D eigenvalue weighted by Gasteiger charge is -2.21. The predicted octanol–water partition coefficient (Wildman–Crippen LogP) is 1.71. The van der Waals surface area contributed by atoms with Crippen LogP contribution in [0.2, 0.25) is 0 Å². The number of thiazole rings is 1. The van der Waals surface area contributed by atoms with Gasteiger partial charge in [-0.3, -0.25) is 0 Å². The molecule has 0 bridgehead atoms. The summed E-state index contributed by atoms with van der Waals surface area (Å²) < 4.78 is 0. The summed E-state index contributed by atoms with van der Waals surface area (Å²) in [5.41, 5.74) is 6.64. The van der Waals surface area contributed by atoms with Gasteiger partial charge in [-0.25, -0.2) is 4.98 Å². The smallest absolute Gasteiger partial charge is 0.180 e. The van der Waals surface area contributed by atoms with Crippen LogP contribution < -0.4 is 11.1 Å². The molecule has 1 saturated heterocycles. The van der Waals surface area contributed by atoms with Gasteiger partial charge < -0.3 is 11.1 Å². The zero-order chi connectivity index (χ0) is 9.80. The minimum atomic E-state index is 0.664. The van der Waals surface area contributed by atoms with E-state index in [1.54, 1.807) is 0 Å². The van der Waals surface area contributed by atoms with E-state index in [1.165, 1.54) is 35.7 Å². The highest BCUT2D eigenvalue weighted by atomic mass is 32.2. The van der Waals surface area contributed by atoms with Crippen LogP contribution in [0.25, 0.3) is 0 Å². The van der Waals surface area contributed by atoms with Gasteiger partial charge in [0.25, 0.3) is 0 Å². The molecule has 1 fully saturated rings. The van der Waals surface area contributed by atoms with Crippen molar-refractivity contribution in [3.8, 4) is 0 Å². The summed E-state index contributed by atoms with van der Waals surface area (Å²) >= 11 is 3.55. The van der Waals surface area contributed by atoms with Crippen molar-refractivity contribution in [1.82, 2.24) is 10.3 Å². The standard InChI is InChI=1S/C9H15N3S2/c10-9-12-8(6-14-9)4-11-7-2-1-3-13-5-7/h6-7,11H,1-5H2,(H2,10,12). The SMILES string of the molecule is Nc1nc(CNC2CCCSC2)cs1. The summed E-state index contributed by atoms with van der Waals surface area (Å²) in [5, 5.41) is 6.21. The lowest BCUT2D eigenvalue weighted by molar-refractivity contribution is 0.504. The number of nitrogens with one attached hydrogen (secondary N) is 1. The molecule has 0 spiro atoms. The third kappa shape index (κ3) is 2.87. The van der Waals surface area contributed by atoms with Crippen LogP contribution in [0.5, 0.6) is 0 Å². The number of hydrogen-bond acceptors (Lipinski definition) is 5. The first kappa shape index (κ1) is 10.3. The van der Waals surface area contributed by atoms with E-state index in [4.69, 9.17) is 5.73 Å². The van der Waals surface area contributed by atoms with Gasteiger partial charge in [0.2, 0.25) is 0 Å². The van der Waals surface area contributed by atoms with Gasteiger partial charge in [-0.15, -0.1) is 11.3 Å². The van der Waals surface area contributed by atoms with Crippen LogP contribution in [0.1, 0.15) is 18.5 Å². The zero-order valence-corrected chi connectivity index (χ0v) is 9.66. The Morgan fingerprint density at radius 1 is 1.64 bits per heavy atom. The first-order valence-electron chi connectivity index (χ1n) is 4.85. The Hall–Kier alpha value is -0.260. The van der Waals surface area contributed by atoms with E-state index in [-0.39, 0.29) is 0 Å². The third-order valence-corrected chi connectivity index (χ3v) is 4.24. The minimum Gasteiger partial charge on any atom is -0.375 e. The minimum absolute atomic E-state index is 0.664. The second kappa shape index (κ2) is 5.00. The van der Waals surface area contributed by atoms with Crippen LogP contribution >= 0.6 is 23.1 Å². The number of anilines is 1. The van der Waals surface area contributed by atoms with Crippen LogP contribution in [0.3, 0.4) is 0 Å².